The molecule has 25 heavy (non-hydrogen) atoms. The van der Waals surface area contributed by atoms with Gasteiger partial charge < -0.3 is 10.2 Å². The van der Waals surface area contributed by atoms with Crippen molar-refractivity contribution < 1.29 is 4.39 Å². The minimum atomic E-state index is -0.252. The van der Waals surface area contributed by atoms with Gasteiger partial charge in [-0.15, -0.1) is 5.10 Å². The van der Waals surface area contributed by atoms with E-state index >= 15 is 0 Å². The highest BCUT2D eigenvalue weighted by molar-refractivity contribution is 5.41. The Morgan fingerprint density at radius 3 is 2.56 bits per heavy atom. The Bertz CT molecular complexity index is 810. The number of hydrogen-bond donors (Lipinski definition) is 1. The molecule has 0 aliphatic rings. The zero-order chi connectivity index (χ0) is 17.5. The summed E-state index contributed by atoms with van der Waals surface area (Å²) in [5.74, 6) is 0.864. The Morgan fingerprint density at radius 1 is 1.04 bits per heavy atom. The Morgan fingerprint density at radius 2 is 1.80 bits per heavy atom. The second kappa shape index (κ2) is 8.19. The van der Waals surface area contributed by atoms with Gasteiger partial charge in [-0.2, -0.15) is 10.1 Å². The molecule has 3 rings (SSSR count). The second-order valence-corrected chi connectivity index (χ2v) is 5.58. The van der Waals surface area contributed by atoms with Crippen LogP contribution in [0.3, 0.4) is 0 Å². The Kier molecular flexibility index (Phi) is 5.51. The minimum Gasteiger partial charge on any atom is -0.351 e. The molecule has 5 nitrogen and oxygen atoms in total. The van der Waals surface area contributed by atoms with Crippen molar-refractivity contribution in [2.45, 2.75) is 20.0 Å². The number of aromatic nitrogens is 3. The molecular weight excluding hydrogens is 317 g/mol. The van der Waals surface area contributed by atoms with Crippen LogP contribution in [0, 0.1) is 5.82 Å². The van der Waals surface area contributed by atoms with Gasteiger partial charge in [0.05, 0.1) is 6.20 Å². The van der Waals surface area contributed by atoms with E-state index in [4.69, 9.17) is 0 Å². The van der Waals surface area contributed by atoms with Crippen molar-refractivity contribution in [1.82, 2.24) is 15.2 Å². The van der Waals surface area contributed by atoms with E-state index in [2.05, 4.69) is 44.5 Å². The summed E-state index contributed by atoms with van der Waals surface area (Å²) in [6, 6.07) is 16.8. The number of nitrogens with one attached hydrogen (secondary N) is 1. The van der Waals surface area contributed by atoms with Gasteiger partial charge in [-0.25, -0.2) is 4.39 Å². The van der Waals surface area contributed by atoms with Gasteiger partial charge in [0.1, 0.15) is 5.82 Å². The smallest absolute Gasteiger partial charge is 0.244 e. The normalized spacial score (nSPS) is 10.5. The fraction of sp³-hybridized carbons (Fsp3) is 0.211. The summed E-state index contributed by atoms with van der Waals surface area (Å²) in [5.41, 5.74) is 1.76. The topological polar surface area (TPSA) is 53.9 Å². The van der Waals surface area contributed by atoms with Gasteiger partial charge in [0.25, 0.3) is 0 Å². The number of nitrogens with zero attached hydrogens (tertiary/aromatic N) is 4. The molecule has 128 valence electrons. The number of halogens is 1. The van der Waals surface area contributed by atoms with Gasteiger partial charge >= 0.3 is 0 Å². The second-order valence-electron chi connectivity index (χ2n) is 5.58. The highest BCUT2D eigenvalue weighted by atomic mass is 19.1. The molecule has 0 saturated carbocycles. The lowest BCUT2D eigenvalue weighted by Crippen LogP contribution is -2.24. The number of hydrogen-bond acceptors (Lipinski definition) is 5. The molecule has 0 aliphatic heterocycles. The fourth-order valence-corrected chi connectivity index (χ4v) is 2.50. The monoisotopic (exact) mass is 337 g/mol. The van der Waals surface area contributed by atoms with Gasteiger partial charge in [0.2, 0.25) is 5.95 Å². The molecule has 1 heterocycles. The summed E-state index contributed by atoms with van der Waals surface area (Å²) in [4.78, 5) is 6.61. The first-order chi connectivity index (χ1) is 12.3. The minimum absolute atomic E-state index is 0.252. The molecule has 0 spiro atoms. The van der Waals surface area contributed by atoms with Crippen LogP contribution in [0.2, 0.25) is 0 Å². The van der Waals surface area contributed by atoms with E-state index in [1.165, 1.54) is 11.6 Å². The van der Waals surface area contributed by atoms with Crippen molar-refractivity contribution in [2.75, 3.05) is 16.8 Å². The summed E-state index contributed by atoms with van der Waals surface area (Å²) in [6.07, 6.45) is 1.64. The largest absolute Gasteiger partial charge is 0.351 e. The van der Waals surface area contributed by atoms with Crippen LogP contribution in [0.4, 0.5) is 16.2 Å². The summed E-state index contributed by atoms with van der Waals surface area (Å²) in [6.45, 7) is 3.91. The molecule has 0 saturated heterocycles. The highest BCUT2D eigenvalue weighted by Crippen LogP contribution is 2.15. The third kappa shape index (κ3) is 4.50. The standard InChI is InChI=1S/C19H20FN5/c1-2-25(14-15-8-4-3-5-9-15)18-13-22-24-19(23-18)21-12-16-10-6-7-11-17(16)20/h3-11,13H,2,12,14H2,1H3,(H,21,23,24). The maximum absolute atomic E-state index is 13.7. The van der Waals surface area contributed by atoms with Crippen molar-refractivity contribution in [3.05, 3.63) is 77.7 Å². The average Bonchev–Trinajstić information content (AvgIpc) is 2.66. The summed E-state index contributed by atoms with van der Waals surface area (Å²) in [7, 11) is 0. The van der Waals surface area contributed by atoms with E-state index in [0.29, 0.717) is 18.1 Å². The third-order valence-corrected chi connectivity index (χ3v) is 3.86. The van der Waals surface area contributed by atoms with Gasteiger partial charge in [-0.3, -0.25) is 0 Å². The maximum atomic E-state index is 13.7. The van der Waals surface area contributed by atoms with Crippen LogP contribution in [0.1, 0.15) is 18.1 Å². The van der Waals surface area contributed by atoms with Crippen LogP contribution in [0.15, 0.2) is 60.8 Å². The molecular formula is C19H20FN5. The first kappa shape index (κ1) is 16.8. The van der Waals surface area contributed by atoms with Crippen LogP contribution < -0.4 is 10.2 Å². The molecule has 0 aliphatic carbocycles. The van der Waals surface area contributed by atoms with E-state index < -0.39 is 0 Å². The highest BCUT2D eigenvalue weighted by Gasteiger charge is 2.09. The maximum Gasteiger partial charge on any atom is 0.244 e. The zero-order valence-electron chi connectivity index (χ0n) is 14.1. The fourth-order valence-electron chi connectivity index (χ4n) is 2.50. The molecule has 1 N–H and O–H groups in total. The van der Waals surface area contributed by atoms with E-state index in [1.807, 2.05) is 18.2 Å². The van der Waals surface area contributed by atoms with Gasteiger partial charge in [0.15, 0.2) is 5.82 Å². The Labute approximate surface area is 146 Å². The average molecular weight is 337 g/mol. The molecule has 0 bridgehead atoms. The first-order valence-corrected chi connectivity index (χ1v) is 8.22. The van der Waals surface area contributed by atoms with Crippen molar-refractivity contribution in [3.8, 4) is 0 Å². The molecule has 0 radical (unpaired) electrons. The van der Waals surface area contributed by atoms with Gasteiger partial charge in [0, 0.05) is 25.2 Å². The van der Waals surface area contributed by atoms with E-state index in [0.717, 1.165) is 18.9 Å². The first-order valence-electron chi connectivity index (χ1n) is 8.22. The SMILES string of the molecule is CCN(Cc1ccccc1)c1cnnc(NCc2ccccc2F)n1. The van der Waals surface area contributed by atoms with Crippen LogP contribution in [-0.4, -0.2) is 21.7 Å². The van der Waals surface area contributed by atoms with Gasteiger partial charge in [-0.1, -0.05) is 48.5 Å². The van der Waals surface area contributed by atoms with Crippen molar-refractivity contribution in [3.63, 3.8) is 0 Å². The Balaban J connectivity index is 1.70. The molecule has 0 amide bonds. The lowest BCUT2D eigenvalue weighted by atomic mass is 10.2. The molecule has 3 aromatic rings. The lowest BCUT2D eigenvalue weighted by molar-refractivity contribution is 0.612. The van der Waals surface area contributed by atoms with Crippen LogP contribution >= 0.6 is 0 Å². The molecule has 0 fully saturated rings. The van der Waals surface area contributed by atoms with Crippen LogP contribution in [0.5, 0.6) is 0 Å². The molecule has 2 aromatic carbocycles. The molecule has 0 atom stereocenters. The predicted octanol–water partition coefficient (Wildman–Crippen LogP) is 3.65. The van der Waals surface area contributed by atoms with E-state index in [1.54, 1.807) is 24.4 Å². The molecule has 0 unspecified atom stereocenters. The summed E-state index contributed by atoms with van der Waals surface area (Å²) < 4.78 is 13.7. The predicted molar refractivity (Wildman–Crippen MR) is 96.7 cm³/mol. The molecule has 6 heteroatoms. The lowest BCUT2D eigenvalue weighted by Gasteiger charge is -2.21. The Hall–Kier alpha value is -3.02. The van der Waals surface area contributed by atoms with Crippen molar-refractivity contribution in [1.29, 1.82) is 0 Å². The summed E-state index contributed by atoms with van der Waals surface area (Å²) >= 11 is 0. The molecule has 1 aromatic heterocycles. The van der Waals surface area contributed by atoms with Crippen molar-refractivity contribution >= 4 is 11.8 Å². The zero-order valence-corrected chi connectivity index (χ0v) is 14.1. The number of benzene rings is 2. The summed E-state index contributed by atoms with van der Waals surface area (Å²) in [5, 5.41) is 11.0. The van der Waals surface area contributed by atoms with E-state index in [9.17, 15) is 4.39 Å². The van der Waals surface area contributed by atoms with Crippen molar-refractivity contribution in [2.24, 2.45) is 0 Å². The number of anilines is 2. The van der Waals surface area contributed by atoms with E-state index in [-0.39, 0.29) is 5.82 Å². The van der Waals surface area contributed by atoms with Crippen LogP contribution in [-0.2, 0) is 13.1 Å². The number of rotatable bonds is 7. The van der Waals surface area contributed by atoms with Crippen LogP contribution in [0.25, 0.3) is 0 Å². The van der Waals surface area contributed by atoms with Gasteiger partial charge in [-0.05, 0) is 18.6 Å². The quantitative estimate of drug-likeness (QED) is 0.713. The third-order valence-electron chi connectivity index (χ3n) is 3.86.